The summed E-state index contributed by atoms with van der Waals surface area (Å²) >= 11 is 0. The van der Waals surface area contributed by atoms with Crippen LogP contribution in [0.25, 0.3) is 0 Å². The molecule has 2 rings (SSSR count). The van der Waals surface area contributed by atoms with Crippen LogP contribution in [-0.2, 0) is 4.79 Å². The summed E-state index contributed by atoms with van der Waals surface area (Å²) in [5.41, 5.74) is 1.27. The van der Waals surface area contributed by atoms with Crippen molar-refractivity contribution in [1.82, 2.24) is 0 Å². The van der Waals surface area contributed by atoms with E-state index in [4.69, 9.17) is 4.74 Å². The molecule has 0 saturated heterocycles. The fraction of sp³-hybridized carbons (Fsp3) is 0.500. The molecule has 1 N–H and O–H groups in total. The summed E-state index contributed by atoms with van der Waals surface area (Å²) in [6.45, 7) is 7.83. The minimum Gasteiger partial charge on any atom is -0.497 e. The topological polar surface area (TPSA) is 41.6 Å². The minimum atomic E-state index is -0.578. The molecule has 0 radical (unpaired) electrons. The quantitative estimate of drug-likeness (QED) is 0.874. The number of fused-ring (bicyclic) bond motifs is 1. The number of hydrogen-bond donors (Lipinski definition) is 1. The van der Waals surface area contributed by atoms with Gasteiger partial charge in [0.1, 0.15) is 11.3 Å². The Morgan fingerprint density at radius 1 is 1.33 bits per heavy atom. The molecule has 1 heterocycles. The summed E-state index contributed by atoms with van der Waals surface area (Å²) in [4.78, 5) is 14.3. The molecule has 0 atom stereocenters. The molecule has 0 bridgehead atoms. The van der Waals surface area contributed by atoms with Crippen molar-refractivity contribution in [3.8, 4) is 5.75 Å². The predicted molar refractivity (Wildman–Crippen MR) is 73.3 cm³/mol. The van der Waals surface area contributed by atoms with Crippen LogP contribution in [0.15, 0.2) is 18.2 Å². The van der Waals surface area contributed by atoms with Gasteiger partial charge in [-0.25, -0.2) is 0 Å². The molecule has 1 aromatic carbocycles. The first-order chi connectivity index (χ1) is 8.36. The van der Waals surface area contributed by atoms with E-state index in [1.807, 2.05) is 50.8 Å². The van der Waals surface area contributed by atoms with Crippen molar-refractivity contribution in [2.24, 2.45) is 0 Å². The highest BCUT2D eigenvalue weighted by atomic mass is 16.5. The van der Waals surface area contributed by atoms with Crippen molar-refractivity contribution in [2.45, 2.75) is 39.3 Å². The van der Waals surface area contributed by atoms with E-state index in [1.54, 1.807) is 7.11 Å². The first-order valence-corrected chi connectivity index (χ1v) is 6.16. The molecule has 4 heteroatoms. The van der Waals surface area contributed by atoms with Gasteiger partial charge < -0.3 is 15.0 Å². The van der Waals surface area contributed by atoms with Crippen molar-refractivity contribution in [3.63, 3.8) is 0 Å². The van der Waals surface area contributed by atoms with Gasteiger partial charge in [-0.1, -0.05) is 0 Å². The molecule has 1 aliphatic heterocycles. The molecule has 1 aromatic rings. The maximum absolute atomic E-state index is 12.5. The van der Waals surface area contributed by atoms with E-state index in [0.717, 1.165) is 17.1 Å². The zero-order chi connectivity index (χ0) is 13.5. The Hall–Kier alpha value is -1.71. The molecule has 98 valence electrons. The van der Waals surface area contributed by atoms with Gasteiger partial charge >= 0.3 is 0 Å². The first kappa shape index (κ1) is 12.7. The Kier molecular flexibility index (Phi) is 2.97. The second-order valence-corrected chi connectivity index (χ2v) is 5.40. The number of rotatable bonds is 2. The molecule has 1 aliphatic rings. The van der Waals surface area contributed by atoms with Crippen molar-refractivity contribution in [1.29, 1.82) is 0 Å². The van der Waals surface area contributed by atoms with Crippen LogP contribution in [0.5, 0.6) is 5.75 Å². The van der Waals surface area contributed by atoms with Gasteiger partial charge in [-0.15, -0.1) is 0 Å². The lowest BCUT2D eigenvalue weighted by molar-refractivity contribution is -0.122. The van der Waals surface area contributed by atoms with Gasteiger partial charge in [0.15, 0.2) is 0 Å². The highest BCUT2D eigenvalue weighted by Gasteiger charge is 2.39. The average Bonchev–Trinajstić information content (AvgIpc) is 2.29. The number of nitrogens with one attached hydrogen (secondary N) is 1. The molecular formula is C14H20N2O2. The van der Waals surface area contributed by atoms with Crippen LogP contribution >= 0.6 is 0 Å². The van der Waals surface area contributed by atoms with Crippen molar-refractivity contribution in [2.75, 3.05) is 17.3 Å². The average molecular weight is 248 g/mol. The van der Waals surface area contributed by atoms with Gasteiger partial charge in [0, 0.05) is 12.1 Å². The maximum Gasteiger partial charge on any atom is 0.252 e. The zero-order valence-corrected chi connectivity index (χ0v) is 11.6. The Bertz CT molecular complexity index is 481. The van der Waals surface area contributed by atoms with Crippen LogP contribution < -0.4 is 15.0 Å². The Morgan fingerprint density at radius 3 is 2.56 bits per heavy atom. The number of ether oxygens (including phenoxy) is 1. The van der Waals surface area contributed by atoms with Crippen LogP contribution in [0, 0.1) is 0 Å². The fourth-order valence-electron chi connectivity index (χ4n) is 2.26. The number of methoxy groups -OCH3 is 1. The van der Waals surface area contributed by atoms with E-state index in [1.165, 1.54) is 0 Å². The Labute approximate surface area is 108 Å². The third-order valence-electron chi connectivity index (χ3n) is 3.18. The molecule has 0 aromatic heterocycles. The van der Waals surface area contributed by atoms with Crippen LogP contribution in [-0.4, -0.2) is 24.6 Å². The fourth-order valence-corrected chi connectivity index (χ4v) is 2.26. The largest absolute Gasteiger partial charge is 0.497 e. The third-order valence-corrected chi connectivity index (χ3v) is 3.18. The highest BCUT2D eigenvalue weighted by molar-refractivity contribution is 6.07. The highest BCUT2D eigenvalue weighted by Crippen LogP contribution is 2.38. The number of hydrogen-bond acceptors (Lipinski definition) is 3. The number of benzene rings is 1. The van der Waals surface area contributed by atoms with Crippen LogP contribution in [0.1, 0.15) is 27.7 Å². The van der Waals surface area contributed by atoms with E-state index in [2.05, 4.69) is 5.32 Å². The molecule has 0 spiro atoms. The van der Waals surface area contributed by atoms with Crippen LogP contribution in [0.4, 0.5) is 11.4 Å². The van der Waals surface area contributed by atoms with Gasteiger partial charge in [-0.05, 0) is 39.8 Å². The lowest BCUT2D eigenvalue weighted by Crippen LogP contribution is -2.56. The summed E-state index contributed by atoms with van der Waals surface area (Å²) in [5.74, 6) is 0.840. The minimum absolute atomic E-state index is 0.0817. The smallest absolute Gasteiger partial charge is 0.252 e. The number of carbonyl (C=O) groups is 1. The van der Waals surface area contributed by atoms with Gasteiger partial charge in [0.25, 0.3) is 5.91 Å². The van der Waals surface area contributed by atoms with Gasteiger partial charge in [-0.3, -0.25) is 4.79 Å². The van der Waals surface area contributed by atoms with Crippen LogP contribution in [0.2, 0.25) is 0 Å². The van der Waals surface area contributed by atoms with E-state index >= 15 is 0 Å². The lowest BCUT2D eigenvalue weighted by atomic mass is 9.97. The lowest BCUT2D eigenvalue weighted by Gasteiger charge is -2.42. The van der Waals surface area contributed by atoms with E-state index < -0.39 is 5.54 Å². The predicted octanol–water partition coefficient (Wildman–Crippen LogP) is 2.64. The van der Waals surface area contributed by atoms with Gasteiger partial charge in [-0.2, -0.15) is 0 Å². The summed E-state index contributed by atoms with van der Waals surface area (Å²) in [6, 6.07) is 5.87. The van der Waals surface area contributed by atoms with Crippen molar-refractivity contribution < 1.29 is 9.53 Å². The molecule has 0 unspecified atom stereocenters. The Morgan fingerprint density at radius 2 is 2.00 bits per heavy atom. The molecule has 0 saturated carbocycles. The first-order valence-electron chi connectivity index (χ1n) is 6.16. The van der Waals surface area contributed by atoms with Crippen LogP contribution in [0.3, 0.4) is 0 Å². The summed E-state index contributed by atoms with van der Waals surface area (Å²) in [5, 5.41) is 3.28. The number of amides is 1. The molecule has 0 fully saturated rings. The summed E-state index contributed by atoms with van der Waals surface area (Å²) in [6.07, 6.45) is 0. The third kappa shape index (κ3) is 1.92. The van der Waals surface area contributed by atoms with Crippen molar-refractivity contribution >= 4 is 17.3 Å². The van der Waals surface area contributed by atoms with Crippen molar-refractivity contribution in [3.05, 3.63) is 18.2 Å². The summed E-state index contributed by atoms with van der Waals surface area (Å²) in [7, 11) is 1.63. The standard InChI is InChI=1S/C14H20N2O2/c1-9(2)16-12-8-10(18-5)6-7-11(12)15-14(3,4)13(16)17/h6-9,15H,1-5H3. The molecule has 18 heavy (non-hydrogen) atoms. The van der Waals surface area contributed by atoms with E-state index in [9.17, 15) is 4.79 Å². The van der Waals surface area contributed by atoms with Gasteiger partial charge in [0.2, 0.25) is 0 Å². The second kappa shape index (κ2) is 4.19. The summed E-state index contributed by atoms with van der Waals surface area (Å²) < 4.78 is 5.23. The van der Waals surface area contributed by atoms with Gasteiger partial charge in [0.05, 0.1) is 18.5 Å². The normalized spacial score (nSPS) is 17.4. The molecule has 0 aliphatic carbocycles. The maximum atomic E-state index is 12.5. The SMILES string of the molecule is COc1ccc2c(c1)N(C(C)C)C(=O)C(C)(C)N2. The second-order valence-electron chi connectivity index (χ2n) is 5.40. The number of nitrogens with zero attached hydrogens (tertiary/aromatic N) is 1. The molecular weight excluding hydrogens is 228 g/mol. The monoisotopic (exact) mass is 248 g/mol. The zero-order valence-electron chi connectivity index (χ0n) is 11.6. The molecule has 1 amide bonds. The van der Waals surface area contributed by atoms with E-state index in [-0.39, 0.29) is 11.9 Å². The number of carbonyl (C=O) groups excluding carboxylic acids is 1. The number of anilines is 2. The molecule has 4 nitrogen and oxygen atoms in total. The van der Waals surface area contributed by atoms with E-state index in [0.29, 0.717) is 0 Å². The Balaban J connectivity index is 2.57.